The van der Waals surface area contributed by atoms with Gasteiger partial charge < -0.3 is 14.7 Å². The van der Waals surface area contributed by atoms with Gasteiger partial charge in [0, 0.05) is 63.7 Å². The molecule has 0 N–H and O–H groups in total. The number of aromatic nitrogens is 2. The molecule has 2 amide bonds. The zero-order valence-corrected chi connectivity index (χ0v) is 15.4. The van der Waals surface area contributed by atoms with Crippen molar-refractivity contribution in [1.29, 1.82) is 0 Å². The van der Waals surface area contributed by atoms with E-state index in [0.29, 0.717) is 24.7 Å². The van der Waals surface area contributed by atoms with Crippen LogP contribution in [-0.4, -0.2) is 67.2 Å². The van der Waals surface area contributed by atoms with Gasteiger partial charge in [0.1, 0.15) is 5.82 Å². The molecule has 0 spiro atoms. The fourth-order valence-corrected chi connectivity index (χ4v) is 3.64. The highest BCUT2D eigenvalue weighted by Crippen LogP contribution is 2.35. The van der Waals surface area contributed by atoms with Crippen molar-refractivity contribution in [3.8, 4) is 0 Å². The van der Waals surface area contributed by atoms with Crippen molar-refractivity contribution in [3.05, 3.63) is 41.8 Å². The summed E-state index contributed by atoms with van der Waals surface area (Å²) < 4.78 is 0. The molecule has 7 nitrogen and oxygen atoms in total. The summed E-state index contributed by atoms with van der Waals surface area (Å²) in [6, 6.07) is 5.75. The number of piperazine rings is 1. The molecule has 1 aromatic heterocycles. The van der Waals surface area contributed by atoms with Gasteiger partial charge in [-0.05, 0) is 18.2 Å². The van der Waals surface area contributed by atoms with E-state index in [1.807, 2.05) is 35.0 Å². The first-order chi connectivity index (χ1) is 12.6. The van der Waals surface area contributed by atoms with Crippen molar-refractivity contribution in [3.63, 3.8) is 0 Å². The third-order valence-electron chi connectivity index (χ3n) is 4.95. The Hall–Kier alpha value is -2.54. The first-order valence-corrected chi connectivity index (χ1v) is 9.09. The van der Waals surface area contributed by atoms with Gasteiger partial charge in [0.15, 0.2) is 0 Å². The average Bonchev–Trinajstić information content (AvgIpc) is 2.69. The third-order valence-corrected chi connectivity index (χ3v) is 5.19. The van der Waals surface area contributed by atoms with E-state index >= 15 is 0 Å². The summed E-state index contributed by atoms with van der Waals surface area (Å²) in [6.07, 6.45) is 5.12. The van der Waals surface area contributed by atoms with Crippen molar-refractivity contribution >= 4 is 34.8 Å². The maximum Gasteiger partial charge on any atom is 0.324 e. The molecule has 0 aliphatic carbocycles. The number of likely N-dealkylation sites (N-methyl/N-ethyl adjacent to an activating group) is 1. The normalized spacial score (nSPS) is 17.3. The van der Waals surface area contributed by atoms with Gasteiger partial charge in [0.2, 0.25) is 0 Å². The van der Waals surface area contributed by atoms with E-state index in [2.05, 4.69) is 19.8 Å². The summed E-state index contributed by atoms with van der Waals surface area (Å²) >= 11 is 6.14. The molecule has 8 heteroatoms. The predicted molar refractivity (Wildman–Crippen MR) is 103 cm³/mol. The number of rotatable bonds is 1. The molecule has 0 atom stereocenters. The Bertz CT molecular complexity index is 794. The summed E-state index contributed by atoms with van der Waals surface area (Å²) in [7, 11) is 2.02. The van der Waals surface area contributed by atoms with Gasteiger partial charge in [-0.2, -0.15) is 0 Å². The van der Waals surface area contributed by atoms with Gasteiger partial charge in [-0.1, -0.05) is 11.6 Å². The summed E-state index contributed by atoms with van der Waals surface area (Å²) in [5.41, 5.74) is 1.92. The molecule has 4 rings (SSSR count). The Morgan fingerprint density at radius 1 is 1.04 bits per heavy atom. The van der Waals surface area contributed by atoms with Crippen molar-refractivity contribution in [2.75, 3.05) is 61.0 Å². The van der Waals surface area contributed by atoms with Gasteiger partial charge >= 0.3 is 6.03 Å². The Morgan fingerprint density at radius 2 is 1.85 bits per heavy atom. The lowest BCUT2D eigenvalue weighted by Crippen LogP contribution is -2.55. The highest BCUT2D eigenvalue weighted by molar-refractivity contribution is 6.31. The Morgan fingerprint density at radius 3 is 2.58 bits per heavy atom. The fraction of sp³-hybridized carbons (Fsp3) is 0.389. The maximum absolute atomic E-state index is 13.1. The number of hydrogen-bond acceptors (Lipinski definition) is 5. The molecular formula is C18H21ClN6O. The zero-order chi connectivity index (χ0) is 18.1. The molecule has 1 aromatic carbocycles. The minimum atomic E-state index is 0.0560. The lowest BCUT2D eigenvalue weighted by Gasteiger charge is -2.41. The van der Waals surface area contributed by atoms with Crippen LogP contribution in [-0.2, 0) is 0 Å². The lowest BCUT2D eigenvalue weighted by molar-refractivity contribution is 0.201. The van der Waals surface area contributed by atoms with Crippen LogP contribution in [0.25, 0.3) is 0 Å². The minimum Gasteiger partial charge on any atom is -0.371 e. The van der Waals surface area contributed by atoms with Crippen LogP contribution in [0.1, 0.15) is 0 Å². The van der Waals surface area contributed by atoms with Crippen LogP contribution in [0.4, 0.5) is 22.0 Å². The molecule has 1 fully saturated rings. The second-order valence-corrected chi connectivity index (χ2v) is 6.96. The van der Waals surface area contributed by atoms with E-state index in [1.54, 1.807) is 18.6 Å². The van der Waals surface area contributed by atoms with E-state index in [0.717, 1.165) is 36.8 Å². The molecule has 0 unspecified atom stereocenters. The van der Waals surface area contributed by atoms with E-state index in [9.17, 15) is 4.79 Å². The number of nitrogens with zero attached hydrogens (tertiary/aromatic N) is 6. The number of benzene rings is 1. The van der Waals surface area contributed by atoms with E-state index in [-0.39, 0.29) is 6.03 Å². The topological polar surface area (TPSA) is 55.8 Å². The molecule has 136 valence electrons. The van der Waals surface area contributed by atoms with Gasteiger partial charge in [-0.15, -0.1) is 0 Å². The number of anilines is 3. The van der Waals surface area contributed by atoms with E-state index in [4.69, 9.17) is 11.6 Å². The molecule has 2 aromatic rings. The highest BCUT2D eigenvalue weighted by Gasteiger charge is 2.30. The predicted octanol–water partition coefficient (Wildman–Crippen LogP) is 2.33. The fourth-order valence-electron chi connectivity index (χ4n) is 3.47. The number of fused-ring (bicyclic) bond motifs is 1. The smallest absolute Gasteiger partial charge is 0.324 e. The van der Waals surface area contributed by atoms with Crippen LogP contribution in [0.15, 0.2) is 36.8 Å². The zero-order valence-electron chi connectivity index (χ0n) is 14.7. The number of halogens is 1. The van der Waals surface area contributed by atoms with Crippen molar-refractivity contribution in [2.24, 2.45) is 0 Å². The Labute approximate surface area is 157 Å². The van der Waals surface area contributed by atoms with E-state index < -0.39 is 0 Å². The summed E-state index contributed by atoms with van der Waals surface area (Å²) in [4.78, 5) is 29.6. The third kappa shape index (κ3) is 3.14. The number of urea groups is 1. The Balaban J connectivity index is 1.47. The van der Waals surface area contributed by atoms with Crippen molar-refractivity contribution in [2.45, 2.75) is 0 Å². The quantitative estimate of drug-likeness (QED) is 0.769. The van der Waals surface area contributed by atoms with Gasteiger partial charge in [-0.3, -0.25) is 9.88 Å². The summed E-state index contributed by atoms with van der Waals surface area (Å²) in [6.45, 7) is 4.32. The first kappa shape index (κ1) is 16.9. The second-order valence-electron chi connectivity index (χ2n) is 6.53. The minimum absolute atomic E-state index is 0.0560. The molecule has 1 saturated heterocycles. The van der Waals surface area contributed by atoms with Gasteiger partial charge in [-0.25, -0.2) is 9.78 Å². The monoisotopic (exact) mass is 372 g/mol. The highest BCUT2D eigenvalue weighted by atomic mass is 35.5. The number of hydrogen-bond donors (Lipinski definition) is 0. The van der Waals surface area contributed by atoms with Crippen molar-refractivity contribution < 1.29 is 4.79 Å². The lowest BCUT2D eigenvalue weighted by atomic mass is 10.2. The molecule has 0 saturated carbocycles. The number of amides is 2. The number of carbonyl (C=O) groups is 1. The first-order valence-electron chi connectivity index (χ1n) is 8.71. The Kier molecular flexibility index (Phi) is 4.55. The van der Waals surface area contributed by atoms with Crippen LogP contribution < -0.4 is 14.7 Å². The molecular weight excluding hydrogens is 352 g/mol. The van der Waals surface area contributed by atoms with Crippen LogP contribution >= 0.6 is 11.6 Å². The summed E-state index contributed by atoms with van der Waals surface area (Å²) in [5, 5.41) is 0.683. The number of carbonyl (C=O) groups excluding carboxylic acids is 1. The van der Waals surface area contributed by atoms with Crippen LogP contribution in [0.3, 0.4) is 0 Å². The molecule has 2 aliphatic heterocycles. The largest absolute Gasteiger partial charge is 0.371 e. The second kappa shape index (κ2) is 6.99. The molecule has 0 radical (unpaired) electrons. The average molecular weight is 373 g/mol. The van der Waals surface area contributed by atoms with Gasteiger partial charge in [0.25, 0.3) is 0 Å². The summed E-state index contributed by atoms with van der Waals surface area (Å²) in [5.74, 6) is 0.860. The van der Waals surface area contributed by atoms with Gasteiger partial charge in [0.05, 0.1) is 17.6 Å². The van der Waals surface area contributed by atoms with Crippen molar-refractivity contribution in [1.82, 2.24) is 14.9 Å². The molecule has 26 heavy (non-hydrogen) atoms. The molecule has 3 heterocycles. The van der Waals surface area contributed by atoms with Crippen LogP contribution in [0.2, 0.25) is 5.02 Å². The maximum atomic E-state index is 13.1. The molecule has 2 aliphatic rings. The van der Waals surface area contributed by atoms with E-state index in [1.165, 1.54) is 0 Å². The molecule has 0 bridgehead atoms. The standard InChI is InChI=1S/C18H21ClN6O/c1-22-6-11-25(15-3-2-14(19)12-16(15)22)18(26)24-9-7-23(8-10-24)17-13-20-4-5-21-17/h2-5,12-13H,6-11H2,1H3. The van der Waals surface area contributed by atoms with Crippen LogP contribution in [0.5, 0.6) is 0 Å². The van der Waals surface area contributed by atoms with Crippen LogP contribution in [0, 0.1) is 0 Å². The SMILES string of the molecule is CN1CCN(C(=O)N2CCN(c3cnccn3)CC2)c2ccc(Cl)cc21.